The molecular formula is C26H31N3O4. The first-order chi connectivity index (χ1) is 16.1. The summed E-state index contributed by atoms with van der Waals surface area (Å²) in [6, 6.07) is 15.6. The minimum atomic E-state index is -0.807. The summed E-state index contributed by atoms with van der Waals surface area (Å²) in [5.41, 5.74) is 2.62. The molecule has 0 radical (unpaired) electrons. The average molecular weight is 450 g/mol. The van der Waals surface area contributed by atoms with Crippen LogP contribution in [0.25, 0.3) is 10.9 Å². The van der Waals surface area contributed by atoms with Crippen LogP contribution in [0.15, 0.2) is 58.1 Å². The first-order valence-corrected chi connectivity index (χ1v) is 11.9. The molecule has 1 fully saturated rings. The molecule has 0 aliphatic carbocycles. The molecule has 0 bridgehead atoms. The molecule has 174 valence electrons. The zero-order valence-corrected chi connectivity index (χ0v) is 18.9. The van der Waals surface area contributed by atoms with Gasteiger partial charge in [0.25, 0.3) is 5.56 Å². The summed E-state index contributed by atoms with van der Waals surface area (Å²) >= 11 is 0. The van der Waals surface area contributed by atoms with Gasteiger partial charge in [-0.2, -0.15) is 0 Å². The Morgan fingerprint density at radius 2 is 1.67 bits per heavy atom. The maximum Gasteiger partial charge on any atom is 0.331 e. The van der Waals surface area contributed by atoms with E-state index in [0.717, 1.165) is 32.4 Å². The lowest BCUT2D eigenvalue weighted by Crippen LogP contribution is -2.46. The topological polar surface area (TPSA) is 76.7 Å². The molecule has 0 saturated carbocycles. The Morgan fingerprint density at radius 3 is 2.48 bits per heavy atom. The van der Waals surface area contributed by atoms with Crippen LogP contribution in [0, 0.1) is 5.92 Å². The zero-order valence-electron chi connectivity index (χ0n) is 18.9. The van der Waals surface area contributed by atoms with Gasteiger partial charge < -0.3 is 9.84 Å². The summed E-state index contributed by atoms with van der Waals surface area (Å²) < 4.78 is 8.41. The monoisotopic (exact) mass is 449 g/mol. The van der Waals surface area contributed by atoms with Gasteiger partial charge in [-0.05, 0) is 48.4 Å². The number of ether oxygens (including phenoxy) is 1. The van der Waals surface area contributed by atoms with Gasteiger partial charge in [-0.25, -0.2) is 4.79 Å². The highest BCUT2D eigenvalue weighted by Crippen LogP contribution is 2.20. The van der Waals surface area contributed by atoms with E-state index in [1.165, 1.54) is 15.7 Å². The third-order valence-corrected chi connectivity index (χ3v) is 6.99. The molecule has 3 aromatic rings. The fourth-order valence-corrected chi connectivity index (χ4v) is 5.17. The number of aromatic nitrogens is 2. The van der Waals surface area contributed by atoms with Crippen LogP contribution < -0.4 is 11.2 Å². The molecule has 7 nitrogen and oxygen atoms in total. The number of fused-ring (bicyclic) bond motifs is 2. The van der Waals surface area contributed by atoms with Crippen molar-refractivity contribution in [2.75, 3.05) is 26.3 Å². The second kappa shape index (κ2) is 9.63. The molecule has 1 atom stereocenters. The van der Waals surface area contributed by atoms with E-state index in [1.807, 2.05) is 24.3 Å². The van der Waals surface area contributed by atoms with Crippen LogP contribution in [-0.4, -0.2) is 51.5 Å². The normalized spacial score (nSPS) is 18.3. The highest BCUT2D eigenvalue weighted by molar-refractivity contribution is 5.77. The average Bonchev–Trinajstić information content (AvgIpc) is 2.85. The molecule has 1 saturated heterocycles. The summed E-state index contributed by atoms with van der Waals surface area (Å²) in [4.78, 5) is 28.8. The molecule has 0 amide bonds. The second-order valence-corrected chi connectivity index (χ2v) is 9.29. The molecule has 7 heteroatoms. The van der Waals surface area contributed by atoms with E-state index in [9.17, 15) is 14.7 Å². The Bertz CT molecular complexity index is 1240. The molecule has 3 heterocycles. The number of aliphatic hydroxyl groups excluding tert-OH is 1. The van der Waals surface area contributed by atoms with Crippen molar-refractivity contribution in [2.24, 2.45) is 5.92 Å². The van der Waals surface area contributed by atoms with Crippen molar-refractivity contribution in [3.8, 4) is 0 Å². The van der Waals surface area contributed by atoms with Gasteiger partial charge in [0, 0.05) is 39.4 Å². The Balaban J connectivity index is 1.39. The highest BCUT2D eigenvalue weighted by Gasteiger charge is 2.22. The SMILES string of the molecule is O=c1c2ccccc2n(CC2CCOCC2)c(=O)n1CC(O)CN1CCc2ccccc2C1. The molecule has 33 heavy (non-hydrogen) atoms. The minimum Gasteiger partial charge on any atom is -0.390 e. The number of rotatable bonds is 6. The van der Waals surface area contributed by atoms with Gasteiger partial charge in [-0.1, -0.05) is 36.4 Å². The Hall–Kier alpha value is -2.74. The van der Waals surface area contributed by atoms with E-state index >= 15 is 0 Å². The number of hydrogen-bond donors (Lipinski definition) is 1. The summed E-state index contributed by atoms with van der Waals surface area (Å²) in [5, 5.41) is 11.4. The van der Waals surface area contributed by atoms with Crippen LogP contribution >= 0.6 is 0 Å². The summed E-state index contributed by atoms with van der Waals surface area (Å²) in [6.45, 7) is 4.01. The Morgan fingerprint density at radius 1 is 0.939 bits per heavy atom. The van der Waals surface area contributed by atoms with Gasteiger partial charge in [0.15, 0.2) is 0 Å². The maximum atomic E-state index is 13.4. The zero-order chi connectivity index (χ0) is 22.8. The van der Waals surface area contributed by atoms with Crippen molar-refractivity contribution in [1.29, 1.82) is 0 Å². The van der Waals surface area contributed by atoms with Crippen LogP contribution in [0.3, 0.4) is 0 Å². The van der Waals surface area contributed by atoms with Crippen LogP contribution in [-0.2, 0) is 30.8 Å². The van der Waals surface area contributed by atoms with E-state index in [4.69, 9.17) is 4.74 Å². The number of para-hydroxylation sites is 1. The second-order valence-electron chi connectivity index (χ2n) is 9.29. The summed E-state index contributed by atoms with van der Waals surface area (Å²) in [6.07, 6.45) is 1.94. The summed E-state index contributed by atoms with van der Waals surface area (Å²) in [5.74, 6) is 0.337. The van der Waals surface area contributed by atoms with E-state index in [0.29, 0.717) is 43.1 Å². The van der Waals surface area contributed by atoms with Crippen molar-refractivity contribution in [2.45, 2.75) is 45.0 Å². The molecule has 1 aromatic heterocycles. The third-order valence-electron chi connectivity index (χ3n) is 6.99. The maximum absolute atomic E-state index is 13.4. The number of hydrogen-bond acceptors (Lipinski definition) is 5. The number of nitrogens with zero attached hydrogens (tertiary/aromatic N) is 3. The van der Waals surface area contributed by atoms with Crippen molar-refractivity contribution in [3.63, 3.8) is 0 Å². The minimum absolute atomic E-state index is 0.00553. The van der Waals surface area contributed by atoms with Gasteiger partial charge in [0.2, 0.25) is 0 Å². The smallest absolute Gasteiger partial charge is 0.331 e. The number of aliphatic hydroxyl groups is 1. The molecule has 2 aliphatic rings. The van der Waals surface area contributed by atoms with E-state index in [1.54, 1.807) is 10.6 Å². The quantitative estimate of drug-likeness (QED) is 0.623. The van der Waals surface area contributed by atoms with Gasteiger partial charge in [-0.15, -0.1) is 0 Å². The number of benzene rings is 2. The fraction of sp³-hybridized carbons (Fsp3) is 0.462. The van der Waals surface area contributed by atoms with Gasteiger partial charge in [0.05, 0.1) is 23.6 Å². The van der Waals surface area contributed by atoms with Gasteiger partial charge in [0.1, 0.15) is 0 Å². The van der Waals surface area contributed by atoms with Crippen LogP contribution in [0.2, 0.25) is 0 Å². The number of β-amino-alcohol motifs (C(OH)–C–C–N with tert-alkyl or cyclic N) is 1. The van der Waals surface area contributed by atoms with E-state index in [-0.39, 0.29) is 17.8 Å². The van der Waals surface area contributed by atoms with Crippen LogP contribution in [0.5, 0.6) is 0 Å². The van der Waals surface area contributed by atoms with Crippen molar-refractivity contribution in [3.05, 3.63) is 80.5 Å². The standard InChI is InChI=1S/C26H31N3O4/c30-22(17-27-12-9-20-5-1-2-6-21(20)16-27)18-29-25(31)23-7-3-4-8-24(23)28(26(29)32)15-19-10-13-33-14-11-19/h1-8,19,22,30H,9-18H2. The predicted octanol–water partition coefficient (Wildman–Crippen LogP) is 2.01. The third kappa shape index (κ3) is 4.67. The van der Waals surface area contributed by atoms with Crippen molar-refractivity contribution >= 4 is 10.9 Å². The van der Waals surface area contributed by atoms with Gasteiger partial charge >= 0.3 is 5.69 Å². The van der Waals surface area contributed by atoms with E-state index in [2.05, 4.69) is 23.1 Å². The van der Waals surface area contributed by atoms with E-state index < -0.39 is 6.10 Å². The van der Waals surface area contributed by atoms with Crippen LogP contribution in [0.1, 0.15) is 24.0 Å². The Labute approximate surface area is 192 Å². The molecule has 1 N–H and O–H groups in total. The molecule has 1 unspecified atom stereocenters. The van der Waals surface area contributed by atoms with Crippen LogP contribution in [0.4, 0.5) is 0 Å². The van der Waals surface area contributed by atoms with Crippen molar-refractivity contribution < 1.29 is 9.84 Å². The summed E-state index contributed by atoms with van der Waals surface area (Å²) in [7, 11) is 0. The Kier molecular flexibility index (Phi) is 6.44. The lowest BCUT2D eigenvalue weighted by Gasteiger charge is -2.30. The largest absolute Gasteiger partial charge is 0.390 e. The lowest BCUT2D eigenvalue weighted by molar-refractivity contribution is 0.0608. The molecular weight excluding hydrogens is 418 g/mol. The first kappa shape index (κ1) is 22.1. The van der Waals surface area contributed by atoms with Crippen molar-refractivity contribution in [1.82, 2.24) is 14.0 Å². The molecule has 5 rings (SSSR count). The first-order valence-electron chi connectivity index (χ1n) is 11.9. The van der Waals surface area contributed by atoms with Gasteiger partial charge in [-0.3, -0.25) is 18.8 Å². The highest BCUT2D eigenvalue weighted by atomic mass is 16.5. The molecule has 2 aliphatic heterocycles. The fourth-order valence-electron chi connectivity index (χ4n) is 5.17. The molecule has 0 spiro atoms. The molecule has 2 aromatic carbocycles. The predicted molar refractivity (Wildman–Crippen MR) is 127 cm³/mol. The lowest BCUT2D eigenvalue weighted by atomic mass is 10.00.